The number of hydrogen-bond acceptors (Lipinski definition) is 5. The molecule has 1 aromatic carbocycles. The van der Waals surface area contributed by atoms with Crippen LogP contribution in [0.5, 0.6) is 0 Å². The number of thiophene rings is 1. The zero-order valence-corrected chi connectivity index (χ0v) is 19.1. The van der Waals surface area contributed by atoms with Gasteiger partial charge in [-0.2, -0.15) is 0 Å². The van der Waals surface area contributed by atoms with E-state index < -0.39 is 0 Å². The van der Waals surface area contributed by atoms with Gasteiger partial charge < -0.3 is 4.90 Å². The Bertz CT molecular complexity index is 1170. The number of amides is 1. The van der Waals surface area contributed by atoms with E-state index in [0.29, 0.717) is 28.5 Å². The summed E-state index contributed by atoms with van der Waals surface area (Å²) in [5, 5.41) is 3.14. The third-order valence-electron chi connectivity index (χ3n) is 4.97. The second-order valence-corrected chi connectivity index (χ2v) is 8.85. The highest BCUT2D eigenvalue weighted by atomic mass is 32.2. The minimum atomic E-state index is -0.0986. The average molecular weight is 440 g/mol. The molecule has 0 radical (unpaired) electrons. The Morgan fingerprint density at radius 2 is 1.93 bits per heavy atom. The van der Waals surface area contributed by atoms with Crippen LogP contribution in [0, 0.1) is 13.8 Å². The van der Waals surface area contributed by atoms with E-state index in [4.69, 9.17) is 0 Å². The van der Waals surface area contributed by atoms with E-state index in [9.17, 15) is 9.59 Å². The molecule has 0 aliphatic carbocycles. The van der Waals surface area contributed by atoms with Crippen molar-refractivity contribution in [2.75, 3.05) is 18.8 Å². The van der Waals surface area contributed by atoms with Gasteiger partial charge in [-0.3, -0.25) is 14.2 Å². The quantitative estimate of drug-likeness (QED) is 0.293. The average Bonchev–Trinajstić information content (AvgIpc) is 3.15. The summed E-state index contributed by atoms with van der Waals surface area (Å²) in [6.07, 6.45) is 3.37. The Morgan fingerprint density at radius 3 is 2.57 bits per heavy atom. The van der Waals surface area contributed by atoms with Crippen LogP contribution in [0.1, 0.15) is 11.1 Å². The molecule has 0 spiro atoms. The zero-order chi connectivity index (χ0) is 21.8. The molecule has 0 saturated heterocycles. The standard InChI is InChI=1S/C23H25N3O2S2/c1-6-10-26(11-7-2)19(27)14-30-23-24-21-20(22(28)25(23)5)18(13-29-21)17-9-8-15(3)16(4)12-17/h6-9,12-13H,1-2,10-11,14H2,3-5H3. The predicted octanol–water partition coefficient (Wildman–Crippen LogP) is 4.57. The van der Waals surface area contributed by atoms with Crippen molar-refractivity contribution >= 4 is 39.2 Å². The molecule has 3 rings (SSSR count). The molecule has 7 heteroatoms. The number of fused-ring (bicyclic) bond motifs is 1. The summed E-state index contributed by atoms with van der Waals surface area (Å²) in [6, 6.07) is 6.21. The van der Waals surface area contributed by atoms with Crippen LogP contribution in [0.4, 0.5) is 0 Å². The van der Waals surface area contributed by atoms with Gasteiger partial charge in [0.15, 0.2) is 5.16 Å². The lowest BCUT2D eigenvalue weighted by Crippen LogP contribution is -2.33. The molecule has 0 bridgehead atoms. The number of thioether (sulfide) groups is 1. The minimum Gasteiger partial charge on any atom is -0.335 e. The van der Waals surface area contributed by atoms with E-state index in [1.165, 1.54) is 38.8 Å². The first-order valence-electron chi connectivity index (χ1n) is 9.55. The molecule has 5 nitrogen and oxygen atoms in total. The highest BCUT2D eigenvalue weighted by Crippen LogP contribution is 2.33. The fraction of sp³-hybridized carbons (Fsp3) is 0.261. The number of aromatic nitrogens is 2. The molecule has 2 aromatic heterocycles. The van der Waals surface area contributed by atoms with Crippen LogP contribution >= 0.6 is 23.1 Å². The minimum absolute atomic E-state index is 0.0452. The molecule has 0 atom stereocenters. The molecule has 3 aromatic rings. The van der Waals surface area contributed by atoms with Crippen LogP contribution < -0.4 is 5.56 Å². The SMILES string of the molecule is C=CCN(CC=C)C(=O)CSc1nc2scc(-c3ccc(C)c(C)c3)c2c(=O)n1C. The van der Waals surface area contributed by atoms with E-state index in [1.807, 2.05) is 11.4 Å². The molecule has 0 N–H and O–H groups in total. The van der Waals surface area contributed by atoms with Gasteiger partial charge in [0.25, 0.3) is 5.56 Å². The van der Waals surface area contributed by atoms with Gasteiger partial charge in [0.05, 0.1) is 11.1 Å². The van der Waals surface area contributed by atoms with E-state index in [1.54, 1.807) is 24.1 Å². The highest BCUT2D eigenvalue weighted by molar-refractivity contribution is 7.99. The molecular formula is C23H25N3O2S2. The largest absolute Gasteiger partial charge is 0.335 e. The first kappa shape index (κ1) is 22.1. The van der Waals surface area contributed by atoms with Crippen molar-refractivity contribution in [3.8, 4) is 11.1 Å². The van der Waals surface area contributed by atoms with Gasteiger partial charge in [-0.1, -0.05) is 42.1 Å². The van der Waals surface area contributed by atoms with Crippen LogP contribution in [0.15, 0.2) is 58.8 Å². The Kier molecular flexibility index (Phi) is 6.95. The van der Waals surface area contributed by atoms with Gasteiger partial charge >= 0.3 is 0 Å². The lowest BCUT2D eigenvalue weighted by Gasteiger charge is -2.19. The molecule has 0 unspecified atom stereocenters. The Labute approximate surface area is 184 Å². The summed E-state index contributed by atoms with van der Waals surface area (Å²) in [5.74, 6) is 0.152. The monoisotopic (exact) mass is 439 g/mol. The molecule has 1 amide bonds. The number of aryl methyl sites for hydroxylation is 2. The summed E-state index contributed by atoms with van der Waals surface area (Å²) in [6.45, 7) is 12.4. The summed E-state index contributed by atoms with van der Waals surface area (Å²) in [5.41, 5.74) is 4.23. The van der Waals surface area contributed by atoms with Gasteiger partial charge in [-0.25, -0.2) is 4.98 Å². The Hall–Kier alpha value is -2.64. The van der Waals surface area contributed by atoms with Crippen molar-refractivity contribution in [3.63, 3.8) is 0 Å². The number of benzene rings is 1. The molecule has 2 heterocycles. The molecule has 0 aliphatic heterocycles. The lowest BCUT2D eigenvalue weighted by atomic mass is 10.0. The fourth-order valence-corrected chi connectivity index (χ4v) is 4.97. The van der Waals surface area contributed by atoms with Gasteiger partial charge in [0.2, 0.25) is 5.91 Å². The third-order valence-corrected chi connectivity index (χ3v) is 6.86. The number of carbonyl (C=O) groups is 1. The maximum atomic E-state index is 13.1. The second-order valence-electron chi connectivity index (χ2n) is 7.05. The van der Waals surface area contributed by atoms with Crippen molar-refractivity contribution in [2.45, 2.75) is 19.0 Å². The van der Waals surface area contributed by atoms with Gasteiger partial charge in [0, 0.05) is 31.1 Å². The van der Waals surface area contributed by atoms with E-state index in [0.717, 1.165) is 11.1 Å². The first-order valence-corrected chi connectivity index (χ1v) is 11.4. The van der Waals surface area contributed by atoms with Crippen LogP contribution in [0.3, 0.4) is 0 Å². The molecule has 156 valence electrons. The third kappa shape index (κ3) is 4.42. The van der Waals surface area contributed by atoms with Crippen LogP contribution in [-0.2, 0) is 11.8 Å². The van der Waals surface area contributed by atoms with Crippen LogP contribution in [0.25, 0.3) is 21.3 Å². The molecule has 30 heavy (non-hydrogen) atoms. The zero-order valence-electron chi connectivity index (χ0n) is 17.5. The van der Waals surface area contributed by atoms with Gasteiger partial charge in [-0.05, 0) is 30.5 Å². The number of hydrogen-bond donors (Lipinski definition) is 0. The first-order chi connectivity index (χ1) is 14.4. The van der Waals surface area contributed by atoms with Crippen molar-refractivity contribution in [1.29, 1.82) is 0 Å². The summed E-state index contributed by atoms with van der Waals surface area (Å²) >= 11 is 2.73. The number of nitrogens with zero attached hydrogens (tertiary/aromatic N) is 3. The van der Waals surface area contributed by atoms with Gasteiger partial charge in [0.1, 0.15) is 4.83 Å². The van der Waals surface area contributed by atoms with Crippen molar-refractivity contribution in [3.05, 3.63) is 70.4 Å². The summed E-state index contributed by atoms with van der Waals surface area (Å²) < 4.78 is 1.53. The highest BCUT2D eigenvalue weighted by Gasteiger charge is 2.18. The van der Waals surface area contributed by atoms with E-state index >= 15 is 0 Å². The lowest BCUT2D eigenvalue weighted by molar-refractivity contribution is -0.127. The smallest absolute Gasteiger partial charge is 0.263 e. The molecule has 0 aliphatic rings. The second kappa shape index (κ2) is 9.45. The maximum absolute atomic E-state index is 13.1. The maximum Gasteiger partial charge on any atom is 0.263 e. The van der Waals surface area contributed by atoms with Crippen LogP contribution in [-0.4, -0.2) is 39.2 Å². The van der Waals surface area contributed by atoms with Crippen molar-refractivity contribution in [2.24, 2.45) is 7.05 Å². The summed E-state index contributed by atoms with van der Waals surface area (Å²) in [4.78, 5) is 32.7. The molecule has 0 fully saturated rings. The fourth-order valence-electron chi connectivity index (χ4n) is 3.11. The Morgan fingerprint density at radius 1 is 1.23 bits per heavy atom. The van der Waals surface area contributed by atoms with E-state index in [-0.39, 0.29) is 17.2 Å². The van der Waals surface area contributed by atoms with E-state index in [2.05, 4.69) is 44.1 Å². The van der Waals surface area contributed by atoms with Crippen molar-refractivity contribution in [1.82, 2.24) is 14.5 Å². The number of carbonyl (C=O) groups excluding carboxylic acids is 1. The Balaban J connectivity index is 1.92. The van der Waals surface area contributed by atoms with Crippen molar-refractivity contribution < 1.29 is 4.79 Å². The molecular weight excluding hydrogens is 414 g/mol. The van der Waals surface area contributed by atoms with Gasteiger partial charge in [-0.15, -0.1) is 24.5 Å². The van der Waals surface area contributed by atoms with Crippen LogP contribution in [0.2, 0.25) is 0 Å². The number of rotatable bonds is 8. The predicted molar refractivity (Wildman–Crippen MR) is 127 cm³/mol. The summed E-state index contributed by atoms with van der Waals surface area (Å²) in [7, 11) is 1.70. The normalized spacial score (nSPS) is 10.9. The topological polar surface area (TPSA) is 55.2 Å². The molecule has 0 saturated carbocycles.